The van der Waals surface area contributed by atoms with Crippen LogP contribution in [-0.4, -0.2) is 55.0 Å². The number of hydrogen-bond acceptors (Lipinski definition) is 7. The summed E-state index contributed by atoms with van der Waals surface area (Å²) in [6.07, 6.45) is 1.08. The number of nitrogens with zero attached hydrogens (tertiary/aromatic N) is 1. The zero-order valence-corrected chi connectivity index (χ0v) is 19.0. The van der Waals surface area contributed by atoms with Gasteiger partial charge in [-0.25, -0.2) is 4.79 Å². The number of carbonyl (C=O) groups is 4. The molecule has 2 heterocycles. The van der Waals surface area contributed by atoms with E-state index in [-0.39, 0.29) is 30.3 Å². The Morgan fingerprint density at radius 1 is 1.17 bits per heavy atom. The summed E-state index contributed by atoms with van der Waals surface area (Å²) in [5.74, 6) is -1.44. The fourth-order valence-electron chi connectivity index (χ4n) is 2.95. The van der Waals surface area contributed by atoms with Crippen LogP contribution in [0.3, 0.4) is 0 Å². The predicted octanol–water partition coefficient (Wildman–Crippen LogP) is 3.00. The molecule has 2 amide bonds. The molecule has 0 unspecified atom stereocenters. The van der Waals surface area contributed by atoms with E-state index < -0.39 is 11.4 Å². The number of carbonyl (C=O) groups excluding carboxylic acids is 4. The van der Waals surface area contributed by atoms with Crippen LogP contribution in [0.25, 0.3) is 0 Å². The molecule has 1 fully saturated rings. The number of anilines is 1. The molecular weight excluding hydrogens is 408 g/mol. The number of thiophene rings is 1. The van der Waals surface area contributed by atoms with Crippen molar-refractivity contribution in [3.05, 3.63) is 16.5 Å². The number of rotatable bonds is 6. The molecule has 1 aromatic rings. The molecule has 1 aromatic heterocycles. The van der Waals surface area contributed by atoms with Gasteiger partial charge in [-0.3, -0.25) is 14.4 Å². The van der Waals surface area contributed by atoms with Gasteiger partial charge in [-0.1, -0.05) is 20.8 Å². The smallest absolute Gasteiger partial charge is 0.349 e. The summed E-state index contributed by atoms with van der Waals surface area (Å²) in [5.41, 5.74) is 0.128. The molecule has 0 saturated carbocycles. The Morgan fingerprint density at radius 2 is 1.80 bits per heavy atom. The van der Waals surface area contributed by atoms with Crippen molar-refractivity contribution in [3.63, 3.8) is 0 Å². The Labute approximate surface area is 180 Å². The summed E-state index contributed by atoms with van der Waals surface area (Å²) in [4.78, 5) is 50.6. The molecule has 30 heavy (non-hydrogen) atoms. The number of hydrogen-bond donors (Lipinski definition) is 1. The summed E-state index contributed by atoms with van der Waals surface area (Å²) in [7, 11) is 0. The molecule has 0 atom stereocenters. The van der Waals surface area contributed by atoms with Gasteiger partial charge in [0, 0.05) is 18.5 Å². The Bertz CT molecular complexity index is 803. The topological polar surface area (TPSA) is 102 Å². The van der Waals surface area contributed by atoms with E-state index >= 15 is 0 Å². The minimum Gasteiger partial charge on any atom is -0.466 e. The average Bonchev–Trinajstić information content (AvgIpc) is 3.05. The molecule has 166 valence electrons. The van der Waals surface area contributed by atoms with Gasteiger partial charge in [0.25, 0.3) is 5.91 Å². The lowest BCUT2D eigenvalue weighted by Crippen LogP contribution is -2.42. The van der Waals surface area contributed by atoms with Crippen molar-refractivity contribution in [1.29, 1.82) is 0 Å². The lowest BCUT2D eigenvalue weighted by atomic mass is 9.96. The maximum absolute atomic E-state index is 12.4. The highest BCUT2D eigenvalue weighted by atomic mass is 32.1. The fourth-order valence-corrected chi connectivity index (χ4v) is 3.92. The third-order valence-corrected chi connectivity index (χ3v) is 5.95. The molecule has 1 aliphatic rings. The minimum atomic E-state index is -0.594. The van der Waals surface area contributed by atoms with E-state index in [1.165, 1.54) is 0 Å². The van der Waals surface area contributed by atoms with E-state index in [0.29, 0.717) is 48.0 Å². The number of esters is 2. The second kappa shape index (κ2) is 10.1. The van der Waals surface area contributed by atoms with Gasteiger partial charge in [-0.15, -0.1) is 11.3 Å². The van der Waals surface area contributed by atoms with Crippen molar-refractivity contribution in [2.24, 2.45) is 11.3 Å². The first-order chi connectivity index (χ1) is 14.0. The fraction of sp³-hybridized carbons (Fsp3) is 0.619. The van der Waals surface area contributed by atoms with E-state index in [0.717, 1.165) is 11.3 Å². The summed E-state index contributed by atoms with van der Waals surface area (Å²) in [5, 5.41) is 3.36. The highest BCUT2D eigenvalue weighted by Crippen LogP contribution is 2.29. The molecule has 0 aromatic carbocycles. The Kier molecular flexibility index (Phi) is 8.00. The highest BCUT2D eigenvalue weighted by molar-refractivity contribution is 7.18. The van der Waals surface area contributed by atoms with Crippen LogP contribution < -0.4 is 5.32 Å². The summed E-state index contributed by atoms with van der Waals surface area (Å²) in [6, 6.07) is 1.72. The normalized spacial score (nSPS) is 14.9. The molecule has 1 N–H and O–H groups in total. The predicted molar refractivity (Wildman–Crippen MR) is 113 cm³/mol. The van der Waals surface area contributed by atoms with E-state index in [2.05, 4.69) is 5.32 Å². The standard InChI is InChI=1S/C21H30N2O6S/c1-6-28-18(25)14-7-9-23(10-8-14)16(24)12-29-19(26)17-13(2)11-15(30-17)22-20(27)21(3,4)5/h11,14H,6-10,12H2,1-5H3,(H,22,27). The second-order valence-corrected chi connectivity index (χ2v) is 9.36. The minimum absolute atomic E-state index is 0.148. The molecule has 0 spiro atoms. The van der Waals surface area contributed by atoms with Crippen LogP contribution in [0.1, 0.15) is 55.8 Å². The van der Waals surface area contributed by atoms with Gasteiger partial charge in [-0.2, -0.15) is 0 Å². The zero-order valence-electron chi connectivity index (χ0n) is 18.2. The van der Waals surface area contributed by atoms with E-state index in [1.807, 2.05) is 0 Å². The Balaban J connectivity index is 1.85. The van der Waals surface area contributed by atoms with Crippen LogP contribution in [0.2, 0.25) is 0 Å². The number of likely N-dealkylation sites (tertiary alicyclic amines) is 1. The summed E-state index contributed by atoms with van der Waals surface area (Å²) in [6.45, 7) is 9.78. The maximum atomic E-state index is 12.4. The van der Waals surface area contributed by atoms with Crippen LogP contribution in [0, 0.1) is 18.3 Å². The quantitative estimate of drug-likeness (QED) is 0.685. The van der Waals surface area contributed by atoms with Crippen LogP contribution in [0.15, 0.2) is 6.07 Å². The third kappa shape index (κ3) is 6.29. The first-order valence-electron chi connectivity index (χ1n) is 10.1. The van der Waals surface area contributed by atoms with Gasteiger partial charge in [0.2, 0.25) is 5.91 Å². The van der Waals surface area contributed by atoms with Crippen LogP contribution >= 0.6 is 11.3 Å². The largest absolute Gasteiger partial charge is 0.466 e. The van der Waals surface area contributed by atoms with Crippen molar-refractivity contribution in [2.75, 3.05) is 31.6 Å². The van der Waals surface area contributed by atoms with Crippen LogP contribution in [0.5, 0.6) is 0 Å². The van der Waals surface area contributed by atoms with Crippen molar-refractivity contribution in [3.8, 4) is 0 Å². The number of piperidine rings is 1. The number of nitrogens with one attached hydrogen (secondary N) is 1. The Hall–Kier alpha value is -2.42. The molecule has 1 saturated heterocycles. The van der Waals surface area contributed by atoms with Crippen LogP contribution in [-0.2, 0) is 23.9 Å². The van der Waals surface area contributed by atoms with Crippen molar-refractivity contribution >= 4 is 40.1 Å². The molecule has 8 nitrogen and oxygen atoms in total. The SMILES string of the molecule is CCOC(=O)C1CCN(C(=O)COC(=O)c2sc(NC(=O)C(C)(C)C)cc2C)CC1. The molecule has 0 aliphatic carbocycles. The molecule has 9 heteroatoms. The van der Waals surface area contributed by atoms with Gasteiger partial charge in [0.15, 0.2) is 6.61 Å². The zero-order chi connectivity index (χ0) is 22.5. The molecule has 2 rings (SSSR count). The lowest BCUT2D eigenvalue weighted by Gasteiger charge is -2.30. The second-order valence-electron chi connectivity index (χ2n) is 8.31. The van der Waals surface area contributed by atoms with Crippen molar-refractivity contribution in [1.82, 2.24) is 4.90 Å². The average molecular weight is 439 g/mol. The number of amides is 2. The van der Waals surface area contributed by atoms with E-state index in [9.17, 15) is 19.2 Å². The highest BCUT2D eigenvalue weighted by Gasteiger charge is 2.29. The van der Waals surface area contributed by atoms with Gasteiger partial charge in [0.05, 0.1) is 17.5 Å². The molecule has 0 bridgehead atoms. The van der Waals surface area contributed by atoms with Crippen molar-refractivity contribution < 1.29 is 28.7 Å². The maximum Gasteiger partial charge on any atom is 0.349 e. The van der Waals surface area contributed by atoms with Gasteiger partial charge in [-0.05, 0) is 38.3 Å². The van der Waals surface area contributed by atoms with Crippen molar-refractivity contribution in [2.45, 2.75) is 47.5 Å². The lowest BCUT2D eigenvalue weighted by molar-refractivity contribution is -0.151. The van der Waals surface area contributed by atoms with Gasteiger partial charge in [0.1, 0.15) is 4.88 Å². The summed E-state index contributed by atoms with van der Waals surface area (Å²) < 4.78 is 10.2. The van der Waals surface area contributed by atoms with Gasteiger partial charge < -0.3 is 19.7 Å². The van der Waals surface area contributed by atoms with E-state index in [4.69, 9.17) is 9.47 Å². The number of aryl methyl sites for hydroxylation is 1. The molecule has 1 aliphatic heterocycles. The first-order valence-corrected chi connectivity index (χ1v) is 10.9. The first kappa shape index (κ1) is 23.9. The third-order valence-electron chi connectivity index (χ3n) is 4.82. The van der Waals surface area contributed by atoms with E-state index in [1.54, 1.807) is 45.6 Å². The Morgan fingerprint density at radius 3 is 2.37 bits per heavy atom. The molecular formula is C21H30N2O6S. The monoisotopic (exact) mass is 438 g/mol. The van der Waals surface area contributed by atoms with Gasteiger partial charge >= 0.3 is 11.9 Å². The van der Waals surface area contributed by atoms with Crippen LogP contribution in [0.4, 0.5) is 5.00 Å². The number of ether oxygens (including phenoxy) is 2. The summed E-state index contributed by atoms with van der Waals surface area (Å²) >= 11 is 1.12. The molecule has 0 radical (unpaired) electrons.